The minimum absolute atomic E-state index is 0.179. The van der Waals surface area contributed by atoms with Crippen molar-refractivity contribution in [3.05, 3.63) is 64.3 Å². The topological polar surface area (TPSA) is 80.7 Å². The maximum Gasteiger partial charge on any atom is 0.341 e. The van der Waals surface area contributed by atoms with Crippen molar-refractivity contribution in [1.82, 2.24) is 0 Å². The van der Waals surface area contributed by atoms with Gasteiger partial charge >= 0.3 is 16.1 Å². The van der Waals surface area contributed by atoms with Gasteiger partial charge in [0.1, 0.15) is 0 Å². The fourth-order valence-corrected chi connectivity index (χ4v) is 4.86. The van der Waals surface area contributed by atoms with Crippen LogP contribution in [-0.4, -0.2) is 18.9 Å². The molecule has 0 saturated carbocycles. The first-order valence-corrected chi connectivity index (χ1v) is 10.8. The van der Waals surface area contributed by atoms with Crippen LogP contribution in [-0.2, 0) is 14.9 Å². The lowest BCUT2D eigenvalue weighted by atomic mass is 10.2. The second-order valence-electron chi connectivity index (χ2n) is 4.41. The highest BCUT2D eigenvalue weighted by Gasteiger charge is 2.30. The van der Waals surface area contributed by atoms with Crippen molar-refractivity contribution in [3.8, 4) is 0 Å². The van der Waals surface area contributed by atoms with Gasteiger partial charge in [-0.1, -0.05) is 30.3 Å². The van der Waals surface area contributed by atoms with Gasteiger partial charge in [0.25, 0.3) is 5.44 Å². The molecule has 0 amide bonds. The quantitative estimate of drug-likeness (QED) is 0.228. The first-order chi connectivity index (χ1) is 10.7. The van der Waals surface area contributed by atoms with Gasteiger partial charge in [-0.2, -0.15) is 8.42 Å². The summed E-state index contributed by atoms with van der Waals surface area (Å²) in [7, 11) is -4.60. The van der Waals surface area contributed by atoms with Crippen molar-refractivity contribution in [2.75, 3.05) is 0 Å². The van der Waals surface area contributed by atoms with Gasteiger partial charge in [0.15, 0.2) is 0 Å². The van der Waals surface area contributed by atoms with Crippen LogP contribution in [0.5, 0.6) is 0 Å². The Labute approximate surface area is 174 Å². The third-order valence-electron chi connectivity index (χ3n) is 2.77. The fraction of sp³-hybridized carbons (Fsp3) is 0.0714. The summed E-state index contributed by atoms with van der Waals surface area (Å²) in [5.74, 6) is -0.808. The maximum absolute atomic E-state index is 12.4. The van der Waals surface area contributed by atoms with Crippen molar-refractivity contribution < 1.29 is 22.5 Å². The van der Waals surface area contributed by atoms with E-state index in [4.69, 9.17) is 4.74 Å². The zero-order valence-electron chi connectivity index (χ0n) is 11.2. The lowest BCUT2D eigenvalue weighted by Gasteiger charge is -2.16. The summed E-state index contributed by atoms with van der Waals surface area (Å²) < 4.78 is 40.0. The molecule has 5 nitrogen and oxygen atoms in total. The lowest BCUT2D eigenvalue weighted by molar-refractivity contribution is 0.0426. The number of rotatable bonds is 4. The standard InChI is InChI=1S/C14H9I3O5S/c15-9-6-10(12(17)11(16)7-9)13(18)22-14(23(19,20)21)8-4-2-1-3-5-8/h1-7,14H,(H,19,20,21). The molecule has 2 aromatic rings. The van der Waals surface area contributed by atoms with E-state index in [2.05, 4.69) is 45.2 Å². The van der Waals surface area contributed by atoms with Crippen LogP contribution < -0.4 is 0 Å². The Balaban J connectivity index is 2.40. The van der Waals surface area contributed by atoms with Crippen LogP contribution in [0.15, 0.2) is 42.5 Å². The Morgan fingerprint density at radius 3 is 2.26 bits per heavy atom. The first kappa shape index (κ1) is 19.3. The molecule has 0 saturated heterocycles. The lowest BCUT2D eigenvalue weighted by Crippen LogP contribution is -2.20. The molecule has 9 heteroatoms. The number of hydrogen-bond acceptors (Lipinski definition) is 4. The summed E-state index contributed by atoms with van der Waals surface area (Å²) >= 11 is 6.14. The molecule has 0 spiro atoms. The minimum atomic E-state index is -4.60. The van der Waals surface area contributed by atoms with Crippen LogP contribution in [0, 0.1) is 10.7 Å². The molecule has 122 valence electrons. The number of halogens is 3. The Kier molecular flexibility index (Phi) is 6.66. The zero-order valence-corrected chi connectivity index (χ0v) is 18.5. The van der Waals surface area contributed by atoms with E-state index in [1.165, 1.54) is 12.1 Å². The molecule has 0 aliphatic rings. The van der Waals surface area contributed by atoms with Gasteiger partial charge < -0.3 is 4.74 Å². The van der Waals surface area contributed by atoms with Crippen LogP contribution in [0.25, 0.3) is 0 Å². The number of ether oxygens (including phenoxy) is 1. The van der Waals surface area contributed by atoms with Gasteiger partial charge in [-0.05, 0) is 79.9 Å². The number of carbonyl (C=O) groups excluding carboxylic acids is 1. The number of esters is 1. The van der Waals surface area contributed by atoms with Gasteiger partial charge in [0, 0.05) is 16.3 Å². The van der Waals surface area contributed by atoms with Crippen LogP contribution in [0.2, 0.25) is 0 Å². The molecule has 23 heavy (non-hydrogen) atoms. The molecule has 1 unspecified atom stereocenters. The van der Waals surface area contributed by atoms with Gasteiger partial charge in [0.2, 0.25) is 0 Å². The summed E-state index contributed by atoms with van der Waals surface area (Å²) in [6, 6.07) is 11.3. The third-order valence-corrected chi connectivity index (χ3v) is 7.35. The Bertz CT molecular complexity index is 837. The summed E-state index contributed by atoms with van der Waals surface area (Å²) in [5.41, 5.74) is -1.33. The second-order valence-corrected chi connectivity index (χ2v) is 9.36. The molecule has 2 aromatic carbocycles. The summed E-state index contributed by atoms with van der Waals surface area (Å²) in [5, 5.41) is 0. The van der Waals surface area contributed by atoms with Gasteiger partial charge in [-0.25, -0.2) is 4.79 Å². The average molecular weight is 670 g/mol. The van der Waals surface area contributed by atoms with E-state index in [0.29, 0.717) is 3.57 Å². The van der Waals surface area contributed by atoms with E-state index in [-0.39, 0.29) is 11.1 Å². The highest BCUT2D eigenvalue weighted by Crippen LogP contribution is 2.28. The fourth-order valence-electron chi connectivity index (χ4n) is 1.78. The molecule has 2 rings (SSSR count). The largest absolute Gasteiger partial charge is 0.435 e. The monoisotopic (exact) mass is 670 g/mol. The minimum Gasteiger partial charge on any atom is -0.435 e. The van der Waals surface area contributed by atoms with E-state index in [0.717, 1.165) is 7.14 Å². The van der Waals surface area contributed by atoms with Crippen LogP contribution in [0.1, 0.15) is 21.4 Å². The molecule has 0 aliphatic carbocycles. The molecule has 0 aliphatic heterocycles. The third kappa shape index (κ3) is 4.99. The predicted octanol–water partition coefficient (Wildman–Crippen LogP) is 4.24. The average Bonchev–Trinajstić information content (AvgIpc) is 2.48. The van der Waals surface area contributed by atoms with E-state index < -0.39 is 21.5 Å². The number of carbonyl (C=O) groups is 1. The van der Waals surface area contributed by atoms with Crippen LogP contribution in [0.3, 0.4) is 0 Å². The SMILES string of the molecule is O=C(OC(c1ccccc1)S(=O)(=O)O)c1cc(I)cc(I)c1I. The zero-order chi connectivity index (χ0) is 17.2. The van der Waals surface area contributed by atoms with E-state index in [9.17, 15) is 17.8 Å². The van der Waals surface area contributed by atoms with Crippen molar-refractivity contribution in [2.45, 2.75) is 5.44 Å². The molecule has 0 radical (unpaired) electrons. The van der Waals surface area contributed by atoms with E-state index in [1.54, 1.807) is 24.3 Å². The van der Waals surface area contributed by atoms with E-state index >= 15 is 0 Å². The van der Waals surface area contributed by atoms with Crippen molar-refractivity contribution in [1.29, 1.82) is 0 Å². The number of hydrogen-bond donors (Lipinski definition) is 1. The molecular weight excluding hydrogens is 661 g/mol. The van der Waals surface area contributed by atoms with Crippen LogP contribution in [0.4, 0.5) is 0 Å². The molecule has 1 N–H and O–H groups in total. The summed E-state index contributed by atoms with van der Waals surface area (Å²) in [4.78, 5) is 12.4. The maximum atomic E-state index is 12.4. The normalized spacial score (nSPS) is 12.7. The summed E-state index contributed by atoms with van der Waals surface area (Å²) in [6.45, 7) is 0. The second kappa shape index (κ2) is 7.93. The van der Waals surface area contributed by atoms with Gasteiger partial charge in [-0.15, -0.1) is 0 Å². The molecule has 0 bridgehead atoms. The van der Waals surface area contributed by atoms with Crippen molar-refractivity contribution in [2.24, 2.45) is 0 Å². The molecule has 0 fully saturated rings. The Morgan fingerprint density at radius 1 is 1.09 bits per heavy atom. The first-order valence-electron chi connectivity index (χ1n) is 6.07. The Hall–Kier alpha value is 0.0100. The molecule has 0 aromatic heterocycles. The van der Waals surface area contributed by atoms with Crippen LogP contribution >= 0.6 is 67.8 Å². The van der Waals surface area contributed by atoms with Crippen molar-refractivity contribution in [3.63, 3.8) is 0 Å². The molecule has 1 atom stereocenters. The van der Waals surface area contributed by atoms with E-state index in [1.807, 2.05) is 28.7 Å². The van der Waals surface area contributed by atoms with Gasteiger partial charge in [0.05, 0.1) is 5.56 Å². The predicted molar refractivity (Wildman–Crippen MR) is 111 cm³/mol. The number of benzene rings is 2. The highest BCUT2D eigenvalue weighted by atomic mass is 127. The molecular formula is C14H9I3O5S. The van der Waals surface area contributed by atoms with Gasteiger partial charge in [-0.3, -0.25) is 4.55 Å². The Morgan fingerprint density at radius 2 is 1.70 bits per heavy atom. The summed E-state index contributed by atoms with van der Waals surface area (Å²) in [6.07, 6.45) is 0. The smallest absolute Gasteiger partial charge is 0.341 e. The molecule has 0 heterocycles. The highest BCUT2D eigenvalue weighted by molar-refractivity contribution is 14.1. The van der Waals surface area contributed by atoms with Crippen molar-refractivity contribution >= 4 is 83.9 Å².